The molecule has 0 spiro atoms. The SMILES string of the molecule is COc1cc(OCC(=O)NCc2ccc(N=[S-](=O)OC)c(F)c2)ccc1C(C)(C)C. The van der Waals surface area contributed by atoms with Crippen molar-refractivity contribution in [3.63, 3.8) is 0 Å². The summed E-state index contributed by atoms with van der Waals surface area (Å²) in [5, 5.41) is 2.65. The first-order chi connectivity index (χ1) is 14.1. The molecule has 0 unspecified atom stereocenters. The third kappa shape index (κ3) is 6.70. The van der Waals surface area contributed by atoms with E-state index in [2.05, 4.69) is 34.6 Å². The van der Waals surface area contributed by atoms with Crippen LogP contribution in [0.25, 0.3) is 0 Å². The van der Waals surface area contributed by atoms with Gasteiger partial charge in [0.2, 0.25) is 0 Å². The van der Waals surface area contributed by atoms with Crippen LogP contribution in [0, 0.1) is 5.82 Å². The number of carbonyl (C=O) groups excluding carboxylic acids is 1. The van der Waals surface area contributed by atoms with E-state index in [4.69, 9.17) is 9.47 Å². The fourth-order valence-corrected chi connectivity index (χ4v) is 3.02. The smallest absolute Gasteiger partial charge is 0.258 e. The molecule has 1 amide bonds. The summed E-state index contributed by atoms with van der Waals surface area (Å²) < 4.78 is 44.2. The number of methoxy groups -OCH3 is 1. The van der Waals surface area contributed by atoms with E-state index in [1.165, 1.54) is 19.2 Å². The zero-order chi connectivity index (χ0) is 22.3. The molecule has 0 aliphatic rings. The van der Waals surface area contributed by atoms with Gasteiger partial charge in [-0.3, -0.25) is 4.79 Å². The van der Waals surface area contributed by atoms with Crippen molar-refractivity contribution >= 4 is 22.5 Å². The lowest BCUT2D eigenvalue weighted by atomic mass is 9.86. The Balaban J connectivity index is 1.93. The van der Waals surface area contributed by atoms with E-state index in [1.807, 2.05) is 6.07 Å². The standard InChI is InChI=1S/C21H26FN2O5S/c1-21(2,3)16-8-7-15(11-19(16)27-4)29-13-20(25)23-12-14-6-9-18(17(22)10-14)24-30(26)28-5/h6-11H,12-13H2,1-5H3,(H,23,25)/q-1. The molecule has 0 atom stereocenters. The van der Waals surface area contributed by atoms with Crippen LogP contribution in [0.1, 0.15) is 31.9 Å². The molecule has 1 N–H and O–H groups in total. The van der Waals surface area contributed by atoms with Gasteiger partial charge >= 0.3 is 0 Å². The van der Waals surface area contributed by atoms with Crippen LogP contribution >= 0.6 is 0 Å². The number of amides is 1. The predicted molar refractivity (Wildman–Crippen MR) is 113 cm³/mol. The molecule has 2 aromatic carbocycles. The summed E-state index contributed by atoms with van der Waals surface area (Å²) >= 11 is 0. The molecule has 0 saturated carbocycles. The van der Waals surface area contributed by atoms with Gasteiger partial charge in [-0.2, -0.15) is 0 Å². The van der Waals surface area contributed by atoms with Crippen LogP contribution in [0.2, 0.25) is 0 Å². The average Bonchev–Trinajstić information content (AvgIpc) is 2.71. The molecule has 2 rings (SSSR count). The number of nitrogens with zero attached hydrogens (tertiary/aromatic N) is 1. The van der Waals surface area contributed by atoms with Crippen LogP contribution in [-0.2, 0) is 36.0 Å². The van der Waals surface area contributed by atoms with Crippen molar-refractivity contribution in [2.75, 3.05) is 20.8 Å². The lowest BCUT2D eigenvalue weighted by molar-refractivity contribution is -0.123. The normalized spacial score (nSPS) is 12.5. The van der Waals surface area contributed by atoms with E-state index in [1.54, 1.807) is 25.3 Å². The first-order valence-electron chi connectivity index (χ1n) is 9.18. The quantitative estimate of drug-likeness (QED) is 0.627. The molecule has 30 heavy (non-hydrogen) atoms. The molecule has 0 aliphatic heterocycles. The number of nitrogens with one attached hydrogen (secondary N) is 1. The fraction of sp³-hybridized carbons (Fsp3) is 0.381. The molecule has 2 aromatic rings. The third-order valence-corrected chi connectivity index (χ3v) is 4.80. The molecular formula is C21H26FN2O5S-. The highest BCUT2D eigenvalue weighted by Gasteiger charge is 2.19. The van der Waals surface area contributed by atoms with Crippen molar-refractivity contribution in [3.05, 3.63) is 53.3 Å². The summed E-state index contributed by atoms with van der Waals surface area (Å²) in [6.45, 7) is 6.16. The molecule has 0 bridgehead atoms. The van der Waals surface area contributed by atoms with Crippen LogP contribution in [0.4, 0.5) is 10.1 Å². The molecule has 9 heteroatoms. The van der Waals surface area contributed by atoms with Gasteiger partial charge in [-0.15, -0.1) is 0 Å². The summed E-state index contributed by atoms with van der Waals surface area (Å²) in [6.07, 6.45) is 0. The highest BCUT2D eigenvalue weighted by atomic mass is 32.2. The number of halogens is 1. The Morgan fingerprint density at radius 1 is 1.17 bits per heavy atom. The summed E-state index contributed by atoms with van der Waals surface area (Å²) in [7, 11) is 0.849. The molecule has 0 heterocycles. The van der Waals surface area contributed by atoms with Crippen molar-refractivity contribution in [2.24, 2.45) is 4.36 Å². The summed E-state index contributed by atoms with van der Waals surface area (Å²) in [5.74, 6) is 0.187. The molecule has 0 saturated heterocycles. The maximum atomic E-state index is 14.0. The molecular weight excluding hydrogens is 411 g/mol. The van der Waals surface area contributed by atoms with Crippen molar-refractivity contribution in [1.82, 2.24) is 5.32 Å². The van der Waals surface area contributed by atoms with E-state index >= 15 is 0 Å². The summed E-state index contributed by atoms with van der Waals surface area (Å²) in [4.78, 5) is 12.1. The van der Waals surface area contributed by atoms with Crippen molar-refractivity contribution in [3.8, 4) is 11.5 Å². The van der Waals surface area contributed by atoms with E-state index in [-0.39, 0.29) is 30.2 Å². The van der Waals surface area contributed by atoms with Crippen LogP contribution in [0.5, 0.6) is 11.5 Å². The van der Waals surface area contributed by atoms with Crippen LogP contribution in [0.3, 0.4) is 0 Å². The number of carbonyl (C=O) groups is 1. The van der Waals surface area contributed by atoms with E-state index in [0.29, 0.717) is 17.1 Å². The Kier molecular flexibility index (Phi) is 8.19. The predicted octanol–water partition coefficient (Wildman–Crippen LogP) is 4.17. The number of ether oxygens (including phenoxy) is 2. The van der Waals surface area contributed by atoms with Gasteiger partial charge in [-0.25, -0.2) is 4.39 Å². The Morgan fingerprint density at radius 3 is 2.50 bits per heavy atom. The number of benzene rings is 2. The van der Waals surface area contributed by atoms with Gasteiger partial charge in [0.25, 0.3) is 5.91 Å². The Morgan fingerprint density at radius 2 is 1.90 bits per heavy atom. The molecule has 0 fully saturated rings. The topological polar surface area (TPSA) is 86.2 Å². The molecule has 0 aromatic heterocycles. The van der Waals surface area contributed by atoms with E-state index in [0.717, 1.165) is 5.56 Å². The average molecular weight is 438 g/mol. The first-order valence-corrected chi connectivity index (χ1v) is 10.2. The van der Waals surface area contributed by atoms with Gasteiger partial charge in [0, 0.05) is 19.7 Å². The lowest BCUT2D eigenvalue weighted by Crippen LogP contribution is -2.28. The number of hydrogen-bond donors (Lipinski definition) is 1. The van der Waals surface area contributed by atoms with E-state index in [9.17, 15) is 13.4 Å². The van der Waals surface area contributed by atoms with Gasteiger partial charge < -0.3 is 27.5 Å². The van der Waals surface area contributed by atoms with Crippen LogP contribution in [-0.4, -0.2) is 26.7 Å². The zero-order valence-electron chi connectivity index (χ0n) is 17.7. The molecule has 0 radical (unpaired) electrons. The first kappa shape index (κ1) is 23.6. The van der Waals surface area contributed by atoms with Gasteiger partial charge in [0.1, 0.15) is 17.3 Å². The molecule has 7 nitrogen and oxygen atoms in total. The maximum Gasteiger partial charge on any atom is 0.258 e. The Hall–Kier alpha value is -2.65. The fourth-order valence-electron chi connectivity index (χ4n) is 2.63. The Labute approximate surface area is 178 Å². The van der Waals surface area contributed by atoms with Gasteiger partial charge in [0.05, 0.1) is 12.8 Å². The summed E-state index contributed by atoms with van der Waals surface area (Å²) in [5.41, 5.74) is 1.39. The second-order valence-electron chi connectivity index (χ2n) is 7.44. The Bertz CT molecular complexity index is 982. The van der Waals surface area contributed by atoms with Crippen LogP contribution in [0.15, 0.2) is 40.8 Å². The minimum absolute atomic E-state index is 0.0822. The largest absolute Gasteiger partial charge is 0.496 e. The van der Waals surface area contributed by atoms with Crippen molar-refractivity contribution in [1.29, 1.82) is 0 Å². The molecule has 0 aliphatic carbocycles. The lowest BCUT2D eigenvalue weighted by Gasteiger charge is -2.22. The van der Waals surface area contributed by atoms with Gasteiger partial charge in [-0.05, 0) is 34.7 Å². The van der Waals surface area contributed by atoms with Crippen molar-refractivity contribution < 1.29 is 27.1 Å². The van der Waals surface area contributed by atoms with Gasteiger partial charge in [0.15, 0.2) is 6.61 Å². The third-order valence-electron chi connectivity index (χ3n) is 4.17. The monoisotopic (exact) mass is 437 g/mol. The minimum Gasteiger partial charge on any atom is -0.496 e. The highest BCUT2D eigenvalue weighted by molar-refractivity contribution is 7.69. The molecule has 164 valence electrons. The van der Waals surface area contributed by atoms with Gasteiger partial charge in [-0.1, -0.05) is 43.8 Å². The zero-order valence-corrected chi connectivity index (χ0v) is 18.5. The maximum absolute atomic E-state index is 14.0. The highest BCUT2D eigenvalue weighted by Crippen LogP contribution is 2.34. The van der Waals surface area contributed by atoms with E-state index < -0.39 is 16.7 Å². The minimum atomic E-state index is -1.95. The summed E-state index contributed by atoms with van der Waals surface area (Å²) in [6, 6.07) is 9.60. The number of rotatable bonds is 8. The van der Waals surface area contributed by atoms with Crippen LogP contribution < -0.4 is 14.8 Å². The van der Waals surface area contributed by atoms with Crippen molar-refractivity contribution in [2.45, 2.75) is 32.7 Å². The second kappa shape index (κ2) is 10.4. The number of hydrogen-bond acceptors (Lipinski definition) is 7. The second-order valence-corrected chi connectivity index (χ2v) is 8.39.